The van der Waals surface area contributed by atoms with Crippen molar-refractivity contribution in [3.8, 4) is 0 Å². The van der Waals surface area contributed by atoms with Crippen LogP contribution in [0.4, 0.5) is 0 Å². The van der Waals surface area contributed by atoms with Gasteiger partial charge in [-0.25, -0.2) is 4.79 Å². The first-order valence-electron chi connectivity index (χ1n) is 8.53. The third-order valence-electron chi connectivity index (χ3n) is 4.56. The standard InChI is InChI=1S/C19H19ClN4O3/c1-19(2,3)13-10-23-14-15(21-17(23)27-13)22(4)18(26)24(16(14)25)9-11-6-5-7-12(20)8-11/h5-8,10H,9H2,1-4H3. The van der Waals surface area contributed by atoms with E-state index >= 15 is 0 Å². The van der Waals surface area contributed by atoms with E-state index in [9.17, 15) is 9.59 Å². The van der Waals surface area contributed by atoms with Crippen molar-refractivity contribution in [1.29, 1.82) is 0 Å². The van der Waals surface area contributed by atoms with E-state index in [-0.39, 0.29) is 12.0 Å². The minimum Gasteiger partial charge on any atom is -0.428 e. The Balaban J connectivity index is 1.99. The summed E-state index contributed by atoms with van der Waals surface area (Å²) in [7, 11) is 1.59. The molecule has 7 nitrogen and oxygen atoms in total. The second kappa shape index (κ2) is 5.85. The summed E-state index contributed by atoms with van der Waals surface area (Å²) in [5, 5.41) is 0.551. The van der Waals surface area contributed by atoms with E-state index in [0.717, 1.165) is 5.56 Å². The molecule has 0 aliphatic heterocycles. The Morgan fingerprint density at radius 2 is 1.96 bits per heavy atom. The first-order chi connectivity index (χ1) is 12.7. The maximum Gasteiger partial charge on any atom is 0.332 e. The van der Waals surface area contributed by atoms with Crippen LogP contribution in [0.2, 0.25) is 5.02 Å². The zero-order chi connectivity index (χ0) is 19.5. The Hall–Kier alpha value is -2.80. The fourth-order valence-electron chi connectivity index (χ4n) is 3.06. The summed E-state index contributed by atoms with van der Waals surface area (Å²) in [6.45, 7) is 6.17. The molecule has 140 valence electrons. The Morgan fingerprint density at radius 3 is 2.63 bits per heavy atom. The smallest absolute Gasteiger partial charge is 0.332 e. The maximum absolute atomic E-state index is 13.1. The van der Waals surface area contributed by atoms with Crippen LogP contribution in [0.5, 0.6) is 0 Å². The van der Waals surface area contributed by atoms with E-state index in [1.165, 1.54) is 9.13 Å². The highest BCUT2D eigenvalue weighted by molar-refractivity contribution is 6.30. The Kier molecular flexibility index (Phi) is 3.82. The second-order valence-corrected chi connectivity index (χ2v) is 8.08. The summed E-state index contributed by atoms with van der Waals surface area (Å²) in [5.41, 5.74) is 0.295. The van der Waals surface area contributed by atoms with E-state index < -0.39 is 11.2 Å². The van der Waals surface area contributed by atoms with Gasteiger partial charge in [-0.05, 0) is 17.7 Å². The lowest BCUT2D eigenvalue weighted by atomic mass is 9.94. The Labute approximate surface area is 159 Å². The molecule has 0 N–H and O–H groups in total. The van der Waals surface area contributed by atoms with Gasteiger partial charge in [0.05, 0.1) is 12.7 Å². The van der Waals surface area contributed by atoms with E-state index in [0.29, 0.717) is 27.8 Å². The van der Waals surface area contributed by atoms with Gasteiger partial charge in [-0.3, -0.25) is 18.3 Å². The second-order valence-electron chi connectivity index (χ2n) is 7.64. The van der Waals surface area contributed by atoms with Crippen LogP contribution in [0.1, 0.15) is 32.1 Å². The number of hydrogen-bond donors (Lipinski definition) is 0. The fraction of sp³-hybridized carbons (Fsp3) is 0.316. The molecule has 0 atom stereocenters. The number of fused-ring (bicyclic) bond motifs is 3. The number of nitrogens with zero attached hydrogens (tertiary/aromatic N) is 4. The fourth-order valence-corrected chi connectivity index (χ4v) is 3.27. The molecule has 0 spiro atoms. The Bertz CT molecular complexity index is 1300. The van der Waals surface area contributed by atoms with Gasteiger partial charge in [0.25, 0.3) is 5.56 Å². The SMILES string of the molecule is Cn1c(=O)n(Cc2cccc(Cl)c2)c(=O)c2c1nc1oc(C(C)(C)C)cn12. The predicted molar refractivity (Wildman–Crippen MR) is 104 cm³/mol. The molecule has 3 aromatic heterocycles. The number of imidazole rings is 1. The average molecular weight is 387 g/mol. The largest absolute Gasteiger partial charge is 0.428 e. The van der Waals surface area contributed by atoms with Crippen LogP contribution in [0.25, 0.3) is 17.0 Å². The monoisotopic (exact) mass is 386 g/mol. The van der Waals surface area contributed by atoms with Crippen LogP contribution in [0.15, 0.2) is 44.5 Å². The molecule has 0 bridgehead atoms. The lowest BCUT2D eigenvalue weighted by Gasteiger charge is -2.13. The van der Waals surface area contributed by atoms with Crippen LogP contribution in [0.3, 0.4) is 0 Å². The molecule has 0 aliphatic rings. The molecule has 0 fully saturated rings. The first kappa shape index (κ1) is 17.6. The normalized spacial score (nSPS) is 12.3. The van der Waals surface area contributed by atoms with E-state index in [2.05, 4.69) is 4.98 Å². The van der Waals surface area contributed by atoms with Crippen molar-refractivity contribution in [2.24, 2.45) is 7.05 Å². The van der Waals surface area contributed by atoms with Crippen molar-refractivity contribution in [3.63, 3.8) is 0 Å². The molecule has 0 amide bonds. The molecule has 3 heterocycles. The van der Waals surface area contributed by atoms with Crippen LogP contribution < -0.4 is 11.2 Å². The summed E-state index contributed by atoms with van der Waals surface area (Å²) < 4.78 is 9.98. The van der Waals surface area contributed by atoms with Crippen molar-refractivity contribution in [2.45, 2.75) is 32.7 Å². The van der Waals surface area contributed by atoms with Gasteiger partial charge in [0.1, 0.15) is 5.76 Å². The molecular formula is C19H19ClN4O3. The molecule has 27 heavy (non-hydrogen) atoms. The molecular weight excluding hydrogens is 368 g/mol. The van der Waals surface area contributed by atoms with Gasteiger partial charge >= 0.3 is 11.5 Å². The van der Waals surface area contributed by atoms with Crippen LogP contribution in [-0.4, -0.2) is 18.5 Å². The maximum atomic E-state index is 13.1. The number of rotatable bonds is 2. The van der Waals surface area contributed by atoms with Crippen molar-refractivity contribution < 1.29 is 4.42 Å². The quantitative estimate of drug-likeness (QED) is 0.531. The highest BCUT2D eigenvalue weighted by Crippen LogP contribution is 2.26. The molecule has 0 saturated heterocycles. The van der Waals surface area contributed by atoms with Crippen LogP contribution in [0, 0.1) is 0 Å². The van der Waals surface area contributed by atoms with Crippen molar-refractivity contribution >= 4 is 28.6 Å². The highest BCUT2D eigenvalue weighted by atomic mass is 35.5. The number of aryl methyl sites for hydroxylation is 1. The van der Waals surface area contributed by atoms with Gasteiger partial charge < -0.3 is 4.42 Å². The van der Waals surface area contributed by atoms with Gasteiger partial charge in [0, 0.05) is 17.5 Å². The van der Waals surface area contributed by atoms with Gasteiger partial charge in [-0.15, -0.1) is 0 Å². The third kappa shape index (κ3) is 2.78. The molecule has 0 aliphatic carbocycles. The minimum atomic E-state index is -0.440. The van der Waals surface area contributed by atoms with E-state index in [1.54, 1.807) is 35.8 Å². The van der Waals surface area contributed by atoms with Gasteiger partial charge in [0.2, 0.25) is 0 Å². The zero-order valence-electron chi connectivity index (χ0n) is 15.5. The van der Waals surface area contributed by atoms with Gasteiger partial charge in [-0.1, -0.05) is 44.5 Å². The molecule has 0 saturated carbocycles. The average Bonchev–Trinajstić information content (AvgIpc) is 3.14. The van der Waals surface area contributed by atoms with Crippen molar-refractivity contribution in [2.75, 3.05) is 0 Å². The lowest BCUT2D eigenvalue weighted by Crippen LogP contribution is -2.39. The third-order valence-corrected chi connectivity index (χ3v) is 4.80. The summed E-state index contributed by atoms with van der Waals surface area (Å²) in [6, 6.07) is 7.09. The lowest BCUT2D eigenvalue weighted by molar-refractivity contribution is 0.425. The Morgan fingerprint density at radius 1 is 1.22 bits per heavy atom. The summed E-state index contributed by atoms with van der Waals surface area (Å²) in [4.78, 5) is 30.2. The summed E-state index contributed by atoms with van der Waals surface area (Å²) in [6.07, 6.45) is 1.76. The van der Waals surface area contributed by atoms with E-state index in [4.69, 9.17) is 16.0 Å². The molecule has 0 unspecified atom stereocenters. The topological polar surface area (TPSA) is 74.4 Å². The first-order valence-corrected chi connectivity index (χ1v) is 8.91. The molecule has 1 aromatic carbocycles. The molecule has 4 aromatic rings. The number of halogens is 1. The minimum absolute atomic E-state index is 0.124. The van der Waals surface area contributed by atoms with Gasteiger partial charge in [0.15, 0.2) is 11.2 Å². The number of hydrogen-bond acceptors (Lipinski definition) is 4. The zero-order valence-corrected chi connectivity index (χ0v) is 16.2. The molecule has 0 radical (unpaired) electrons. The number of aromatic nitrogens is 4. The van der Waals surface area contributed by atoms with Crippen molar-refractivity contribution in [3.05, 3.63) is 67.6 Å². The van der Waals surface area contributed by atoms with Crippen LogP contribution in [-0.2, 0) is 19.0 Å². The van der Waals surface area contributed by atoms with Crippen molar-refractivity contribution in [1.82, 2.24) is 18.5 Å². The predicted octanol–water partition coefficient (Wildman–Crippen LogP) is 2.94. The molecule has 4 rings (SSSR count). The number of oxazole rings is 1. The van der Waals surface area contributed by atoms with Crippen LogP contribution >= 0.6 is 11.6 Å². The summed E-state index contributed by atoms with van der Waals surface area (Å²) in [5.74, 6) is 1.00. The summed E-state index contributed by atoms with van der Waals surface area (Å²) >= 11 is 6.03. The highest BCUT2D eigenvalue weighted by Gasteiger charge is 2.24. The van der Waals surface area contributed by atoms with Gasteiger partial charge in [-0.2, -0.15) is 4.98 Å². The molecule has 8 heteroatoms. The van der Waals surface area contributed by atoms with E-state index in [1.807, 2.05) is 26.8 Å². The number of benzene rings is 1.